The van der Waals surface area contributed by atoms with Crippen LogP contribution in [0.25, 0.3) is 0 Å². The normalized spacial score (nSPS) is 11.4. The Hall–Kier alpha value is -1.51. The summed E-state index contributed by atoms with van der Waals surface area (Å²) in [5.74, 6) is -1.50. The summed E-state index contributed by atoms with van der Waals surface area (Å²) in [6, 6.07) is 3.81. The fraction of sp³-hybridized carbons (Fsp3) is 0.500. The molecule has 0 spiro atoms. The monoisotopic (exact) mass is 301 g/mol. The fourth-order valence-electron chi connectivity index (χ4n) is 1.47. The number of aromatic nitrogens is 1. The Labute approximate surface area is 118 Å². The Morgan fingerprint density at radius 2 is 2.15 bits per heavy atom. The van der Waals surface area contributed by atoms with Crippen molar-refractivity contribution >= 4 is 16.0 Å². The summed E-state index contributed by atoms with van der Waals surface area (Å²) in [4.78, 5) is 14.3. The number of nitrogens with zero attached hydrogens (tertiary/aromatic N) is 1. The van der Waals surface area contributed by atoms with Crippen molar-refractivity contribution < 1.29 is 18.3 Å². The lowest BCUT2D eigenvalue weighted by Gasteiger charge is -2.06. The van der Waals surface area contributed by atoms with E-state index in [2.05, 4.69) is 15.0 Å². The molecule has 0 radical (unpaired) electrons. The Kier molecular flexibility index (Phi) is 7.13. The van der Waals surface area contributed by atoms with E-state index in [4.69, 9.17) is 5.11 Å². The quantitative estimate of drug-likeness (QED) is 0.523. The highest BCUT2D eigenvalue weighted by Gasteiger charge is 2.11. The number of carboxylic acids is 1. The van der Waals surface area contributed by atoms with E-state index in [1.165, 1.54) is 0 Å². The summed E-state index contributed by atoms with van der Waals surface area (Å²) in [6.07, 6.45) is 3.72. The molecule has 112 valence electrons. The number of hydrogen-bond acceptors (Lipinski definition) is 5. The highest BCUT2D eigenvalue weighted by atomic mass is 32.2. The minimum Gasteiger partial charge on any atom is -0.481 e. The van der Waals surface area contributed by atoms with Crippen LogP contribution in [0, 0.1) is 0 Å². The maximum atomic E-state index is 11.4. The highest BCUT2D eigenvalue weighted by molar-refractivity contribution is 7.89. The van der Waals surface area contributed by atoms with Crippen molar-refractivity contribution in [3.8, 4) is 0 Å². The Morgan fingerprint density at radius 3 is 2.80 bits per heavy atom. The van der Waals surface area contributed by atoms with Crippen LogP contribution in [-0.2, 0) is 21.4 Å². The van der Waals surface area contributed by atoms with Crippen molar-refractivity contribution in [2.24, 2.45) is 0 Å². The number of carbonyl (C=O) groups is 1. The van der Waals surface area contributed by atoms with Gasteiger partial charge in [0.25, 0.3) is 0 Å². The summed E-state index contributed by atoms with van der Waals surface area (Å²) in [7, 11) is -3.48. The lowest BCUT2D eigenvalue weighted by Crippen LogP contribution is -2.30. The number of nitrogens with one attached hydrogen (secondary N) is 2. The zero-order chi connectivity index (χ0) is 14.8. The van der Waals surface area contributed by atoms with E-state index in [1.54, 1.807) is 12.4 Å². The molecule has 7 nitrogen and oxygen atoms in total. The maximum Gasteiger partial charge on any atom is 0.304 e. The molecule has 20 heavy (non-hydrogen) atoms. The molecule has 0 saturated carbocycles. The molecule has 1 aromatic heterocycles. The number of sulfonamides is 1. The number of aliphatic carboxylic acids is 1. The van der Waals surface area contributed by atoms with E-state index in [0.717, 1.165) is 5.56 Å². The summed E-state index contributed by atoms with van der Waals surface area (Å²) in [5.41, 5.74) is 1.06. The topological polar surface area (TPSA) is 108 Å². The van der Waals surface area contributed by atoms with E-state index in [0.29, 0.717) is 26.1 Å². The van der Waals surface area contributed by atoms with Gasteiger partial charge in [-0.15, -0.1) is 0 Å². The van der Waals surface area contributed by atoms with Crippen molar-refractivity contribution in [1.82, 2.24) is 15.0 Å². The van der Waals surface area contributed by atoms with Gasteiger partial charge in [-0.3, -0.25) is 9.78 Å². The predicted molar refractivity (Wildman–Crippen MR) is 74.6 cm³/mol. The van der Waals surface area contributed by atoms with Crippen LogP contribution in [0.2, 0.25) is 0 Å². The predicted octanol–water partition coefficient (Wildman–Crippen LogP) is -0.0446. The van der Waals surface area contributed by atoms with Crippen LogP contribution in [0.4, 0.5) is 0 Å². The maximum absolute atomic E-state index is 11.4. The zero-order valence-corrected chi connectivity index (χ0v) is 11.9. The van der Waals surface area contributed by atoms with Gasteiger partial charge in [0, 0.05) is 25.5 Å². The average molecular weight is 301 g/mol. The van der Waals surface area contributed by atoms with Gasteiger partial charge in [-0.1, -0.05) is 6.07 Å². The van der Waals surface area contributed by atoms with Gasteiger partial charge in [0.05, 0.1) is 12.2 Å². The third-order valence-electron chi connectivity index (χ3n) is 2.49. The second-order valence-electron chi connectivity index (χ2n) is 4.25. The first-order valence-corrected chi connectivity index (χ1v) is 7.93. The van der Waals surface area contributed by atoms with Gasteiger partial charge in [0.15, 0.2) is 0 Å². The van der Waals surface area contributed by atoms with Gasteiger partial charge in [-0.25, -0.2) is 13.1 Å². The summed E-state index contributed by atoms with van der Waals surface area (Å²) in [6.45, 7) is 1.64. The molecule has 1 aromatic rings. The summed E-state index contributed by atoms with van der Waals surface area (Å²) >= 11 is 0. The molecule has 0 aromatic carbocycles. The largest absolute Gasteiger partial charge is 0.481 e. The van der Waals surface area contributed by atoms with Crippen LogP contribution in [-0.4, -0.2) is 43.3 Å². The molecule has 3 N–H and O–H groups in total. The first-order valence-electron chi connectivity index (χ1n) is 6.28. The van der Waals surface area contributed by atoms with E-state index in [-0.39, 0.29) is 12.2 Å². The molecule has 1 heterocycles. The van der Waals surface area contributed by atoms with Crippen LogP contribution in [0.3, 0.4) is 0 Å². The molecule has 8 heteroatoms. The lowest BCUT2D eigenvalue weighted by atomic mass is 10.3. The van der Waals surface area contributed by atoms with E-state index in [1.807, 2.05) is 12.1 Å². The van der Waals surface area contributed by atoms with Gasteiger partial charge < -0.3 is 10.4 Å². The molecular formula is C12H19N3O4S. The van der Waals surface area contributed by atoms with Gasteiger partial charge in [-0.2, -0.15) is 0 Å². The Bertz CT molecular complexity index is 505. The second-order valence-corrected chi connectivity index (χ2v) is 6.17. The third kappa shape index (κ3) is 7.82. The molecular weight excluding hydrogens is 282 g/mol. The Morgan fingerprint density at radius 1 is 1.35 bits per heavy atom. The minimum atomic E-state index is -3.48. The zero-order valence-electron chi connectivity index (χ0n) is 11.1. The van der Waals surface area contributed by atoms with Crippen LogP contribution >= 0.6 is 0 Å². The molecule has 0 bridgehead atoms. The highest BCUT2D eigenvalue weighted by Crippen LogP contribution is 1.94. The van der Waals surface area contributed by atoms with Gasteiger partial charge >= 0.3 is 5.97 Å². The number of carboxylic acid groups (broad SMARTS) is 1. The first-order chi connectivity index (χ1) is 9.49. The minimum absolute atomic E-state index is 0.294. The van der Waals surface area contributed by atoms with E-state index in [9.17, 15) is 13.2 Å². The van der Waals surface area contributed by atoms with Crippen molar-refractivity contribution in [2.75, 3.05) is 18.8 Å². The van der Waals surface area contributed by atoms with Crippen LogP contribution in [0.1, 0.15) is 18.4 Å². The SMILES string of the molecule is O=C(O)CCS(=O)(=O)NCCCNCc1cccnc1. The molecule has 1 rings (SSSR count). The van der Waals surface area contributed by atoms with Crippen LogP contribution < -0.4 is 10.0 Å². The third-order valence-corrected chi connectivity index (χ3v) is 3.87. The van der Waals surface area contributed by atoms with Crippen LogP contribution in [0.5, 0.6) is 0 Å². The van der Waals surface area contributed by atoms with Gasteiger partial charge in [0.1, 0.15) is 0 Å². The number of hydrogen-bond donors (Lipinski definition) is 3. The first kappa shape index (κ1) is 16.5. The van der Waals surface area contributed by atoms with Crippen molar-refractivity contribution in [1.29, 1.82) is 0 Å². The van der Waals surface area contributed by atoms with Crippen molar-refractivity contribution in [3.63, 3.8) is 0 Å². The van der Waals surface area contributed by atoms with Crippen molar-refractivity contribution in [3.05, 3.63) is 30.1 Å². The van der Waals surface area contributed by atoms with Crippen LogP contribution in [0.15, 0.2) is 24.5 Å². The smallest absolute Gasteiger partial charge is 0.304 e. The standard InChI is InChI=1S/C12H19N3O4S/c16-12(17)4-8-20(18,19)15-7-2-6-14-10-11-3-1-5-13-9-11/h1,3,5,9,14-15H,2,4,6-8,10H2,(H,16,17). The fourth-order valence-corrected chi connectivity index (χ4v) is 2.51. The van der Waals surface area contributed by atoms with E-state index < -0.39 is 16.0 Å². The molecule has 0 saturated heterocycles. The molecule has 0 atom stereocenters. The number of pyridine rings is 1. The van der Waals surface area contributed by atoms with E-state index >= 15 is 0 Å². The average Bonchev–Trinajstić information content (AvgIpc) is 2.42. The molecule has 0 aliphatic heterocycles. The molecule has 0 aliphatic rings. The summed E-state index contributed by atoms with van der Waals surface area (Å²) < 4.78 is 25.1. The molecule has 0 aliphatic carbocycles. The molecule has 0 amide bonds. The lowest BCUT2D eigenvalue weighted by molar-refractivity contribution is -0.136. The second kappa shape index (κ2) is 8.62. The molecule has 0 unspecified atom stereocenters. The van der Waals surface area contributed by atoms with Gasteiger partial charge in [0.2, 0.25) is 10.0 Å². The Balaban J connectivity index is 2.08. The number of rotatable bonds is 10. The van der Waals surface area contributed by atoms with Crippen molar-refractivity contribution in [2.45, 2.75) is 19.4 Å². The van der Waals surface area contributed by atoms with Gasteiger partial charge in [-0.05, 0) is 24.6 Å². The summed E-state index contributed by atoms with van der Waals surface area (Å²) in [5, 5.41) is 11.6. The molecule has 0 fully saturated rings.